The van der Waals surface area contributed by atoms with Gasteiger partial charge in [0.2, 0.25) is 0 Å². The second-order valence-electron chi connectivity index (χ2n) is 1.20. The number of rotatable bonds is 3. The topological polar surface area (TPSA) is 0 Å². The van der Waals surface area contributed by atoms with Gasteiger partial charge in [-0.3, -0.25) is 0 Å². The second-order valence-corrected chi connectivity index (χ2v) is 3.23. The number of alkyl halides is 3. The maximum Gasteiger partial charge on any atom is 0.303 e. The highest BCUT2D eigenvalue weighted by Gasteiger charge is 2.25. The molecule has 0 saturated carbocycles. The summed E-state index contributed by atoms with van der Waals surface area (Å²) in [5.41, 5.74) is 0. The Morgan fingerprint density at radius 3 is 2.25 bits per heavy atom. The molecule has 0 spiro atoms. The van der Waals surface area contributed by atoms with Crippen LogP contribution in [0.15, 0.2) is 0 Å². The molecule has 0 unspecified atom stereocenters. The quantitative estimate of drug-likeness (QED) is 0.638. The van der Waals surface area contributed by atoms with Gasteiger partial charge in [0.25, 0.3) is 0 Å². The average molecular weight is 205 g/mol. The Morgan fingerprint density at radius 2 is 2.12 bits per heavy atom. The van der Waals surface area contributed by atoms with Crippen LogP contribution in [0.5, 0.6) is 0 Å². The van der Waals surface area contributed by atoms with Crippen molar-refractivity contribution in [1.82, 2.24) is 0 Å². The first-order chi connectivity index (χ1) is 3.62. The van der Waals surface area contributed by atoms with Crippen molar-refractivity contribution in [3.63, 3.8) is 0 Å². The summed E-state index contributed by atoms with van der Waals surface area (Å²) in [5.74, 6) is 0.457. The summed E-state index contributed by atoms with van der Waals surface area (Å²) in [6, 6.07) is 0. The van der Waals surface area contributed by atoms with Crippen LogP contribution in [0.25, 0.3) is 0 Å². The zero-order valence-electron chi connectivity index (χ0n) is 4.46. The van der Waals surface area contributed by atoms with Gasteiger partial charge in [0, 0.05) is 0 Å². The van der Waals surface area contributed by atoms with Gasteiger partial charge >= 0.3 is 5.25 Å². The molecule has 0 nitrogen and oxygen atoms in total. The first-order valence-electron chi connectivity index (χ1n) is 2.20. The standard InChI is InChI=1S/C4H7BrF2S/c1-2-8-4(6,7)3-5/h2-3H2,1H3. The molecule has 0 aliphatic heterocycles. The number of hydrogen-bond donors (Lipinski definition) is 0. The molecule has 0 aliphatic carbocycles. The van der Waals surface area contributed by atoms with Crippen molar-refractivity contribution in [2.75, 3.05) is 11.1 Å². The fraction of sp³-hybridized carbons (Fsp3) is 1.00. The second kappa shape index (κ2) is 3.67. The molecule has 0 atom stereocenters. The lowest BCUT2D eigenvalue weighted by Gasteiger charge is -2.08. The third kappa shape index (κ3) is 3.66. The van der Waals surface area contributed by atoms with Crippen molar-refractivity contribution < 1.29 is 8.78 Å². The van der Waals surface area contributed by atoms with Gasteiger partial charge in [0.05, 0.1) is 5.33 Å². The summed E-state index contributed by atoms with van der Waals surface area (Å²) in [6.07, 6.45) is 0. The predicted octanol–water partition coefficient (Wildman–Crippen LogP) is 2.73. The fourth-order valence-corrected chi connectivity index (χ4v) is 1.23. The van der Waals surface area contributed by atoms with Crippen LogP contribution in [-0.4, -0.2) is 16.3 Å². The van der Waals surface area contributed by atoms with Gasteiger partial charge in [-0.25, -0.2) is 0 Å². The highest BCUT2D eigenvalue weighted by Crippen LogP contribution is 2.29. The smallest absolute Gasteiger partial charge is 0.193 e. The maximum absolute atomic E-state index is 12.1. The molecule has 0 N–H and O–H groups in total. The number of thioether (sulfide) groups is 1. The number of halogens is 3. The van der Waals surface area contributed by atoms with Gasteiger partial charge in [0.15, 0.2) is 0 Å². The lowest BCUT2D eigenvalue weighted by atomic mass is 10.8. The molecule has 0 aromatic carbocycles. The van der Waals surface area contributed by atoms with Crippen molar-refractivity contribution in [3.8, 4) is 0 Å². The van der Waals surface area contributed by atoms with Crippen LogP contribution < -0.4 is 0 Å². The van der Waals surface area contributed by atoms with Crippen molar-refractivity contribution >= 4 is 27.7 Å². The molecule has 0 aliphatic rings. The number of hydrogen-bond acceptors (Lipinski definition) is 1. The third-order valence-corrected chi connectivity index (χ3v) is 2.44. The molecular weight excluding hydrogens is 198 g/mol. The molecule has 0 aromatic rings. The predicted molar refractivity (Wildman–Crippen MR) is 36.9 cm³/mol. The molecule has 0 radical (unpaired) electrons. The maximum atomic E-state index is 12.1. The van der Waals surface area contributed by atoms with E-state index in [4.69, 9.17) is 0 Å². The molecule has 0 bridgehead atoms. The highest BCUT2D eigenvalue weighted by atomic mass is 79.9. The van der Waals surface area contributed by atoms with Crippen LogP contribution >= 0.6 is 27.7 Å². The summed E-state index contributed by atoms with van der Waals surface area (Å²) in [7, 11) is 0. The molecule has 4 heteroatoms. The van der Waals surface area contributed by atoms with Gasteiger partial charge in [-0.05, 0) is 5.75 Å². The summed E-state index contributed by atoms with van der Waals surface area (Å²) in [4.78, 5) is 0. The first kappa shape index (κ1) is 8.69. The van der Waals surface area contributed by atoms with E-state index in [0.717, 1.165) is 0 Å². The highest BCUT2D eigenvalue weighted by molar-refractivity contribution is 9.09. The van der Waals surface area contributed by atoms with Crippen LogP contribution in [0.2, 0.25) is 0 Å². The van der Waals surface area contributed by atoms with Crippen molar-refractivity contribution in [3.05, 3.63) is 0 Å². The monoisotopic (exact) mass is 204 g/mol. The average Bonchev–Trinajstić information content (AvgIpc) is 1.67. The Morgan fingerprint density at radius 1 is 1.62 bits per heavy atom. The van der Waals surface area contributed by atoms with Gasteiger partial charge in [-0.15, -0.1) is 0 Å². The van der Waals surface area contributed by atoms with E-state index in [1.807, 2.05) is 0 Å². The molecule has 8 heavy (non-hydrogen) atoms. The lowest BCUT2D eigenvalue weighted by Crippen LogP contribution is -2.11. The molecule has 0 heterocycles. The van der Waals surface area contributed by atoms with Gasteiger partial charge in [-0.2, -0.15) is 8.78 Å². The van der Waals surface area contributed by atoms with Gasteiger partial charge in [0.1, 0.15) is 0 Å². The van der Waals surface area contributed by atoms with Crippen LogP contribution in [0.4, 0.5) is 8.78 Å². The Hall–Kier alpha value is 0.690. The van der Waals surface area contributed by atoms with E-state index in [0.29, 0.717) is 17.5 Å². The van der Waals surface area contributed by atoms with Crippen molar-refractivity contribution in [1.29, 1.82) is 0 Å². The molecule has 0 amide bonds. The van der Waals surface area contributed by atoms with Crippen molar-refractivity contribution in [2.45, 2.75) is 12.2 Å². The summed E-state index contributed by atoms with van der Waals surface area (Å²) < 4.78 is 24.1. The van der Waals surface area contributed by atoms with Crippen LogP contribution in [0.3, 0.4) is 0 Å². The molecule has 0 fully saturated rings. The van der Waals surface area contributed by atoms with Gasteiger partial charge in [-0.1, -0.05) is 34.6 Å². The zero-order valence-corrected chi connectivity index (χ0v) is 6.86. The van der Waals surface area contributed by atoms with E-state index in [1.165, 1.54) is 0 Å². The van der Waals surface area contributed by atoms with Crippen molar-refractivity contribution in [2.24, 2.45) is 0 Å². The van der Waals surface area contributed by atoms with E-state index < -0.39 is 5.25 Å². The van der Waals surface area contributed by atoms with Crippen LogP contribution in [0, 0.1) is 0 Å². The summed E-state index contributed by atoms with van der Waals surface area (Å²) >= 11 is 3.35. The third-order valence-electron chi connectivity index (χ3n) is 0.511. The van der Waals surface area contributed by atoms with Crippen LogP contribution in [0.1, 0.15) is 6.92 Å². The Kier molecular flexibility index (Phi) is 3.98. The Labute approximate surface area is 60.2 Å². The lowest BCUT2D eigenvalue weighted by molar-refractivity contribution is 0.136. The molecule has 0 rings (SSSR count). The molecule has 50 valence electrons. The fourth-order valence-electron chi connectivity index (χ4n) is 0.250. The van der Waals surface area contributed by atoms with E-state index >= 15 is 0 Å². The largest absolute Gasteiger partial charge is 0.303 e. The van der Waals surface area contributed by atoms with E-state index in [1.54, 1.807) is 6.92 Å². The van der Waals surface area contributed by atoms with Gasteiger partial charge < -0.3 is 0 Å². The molecular formula is C4H7BrF2S. The Bertz CT molecular complexity index is 67.1. The Balaban J connectivity index is 3.37. The minimum Gasteiger partial charge on any atom is -0.193 e. The van der Waals surface area contributed by atoms with Crippen LogP contribution in [-0.2, 0) is 0 Å². The molecule has 0 saturated heterocycles. The molecule has 0 aromatic heterocycles. The zero-order chi connectivity index (χ0) is 6.62. The van der Waals surface area contributed by atoms with E-state index in [-0.39, 0.29) is 5.33 Å². The SMILES string of the molecule is CCSC(F)(F)CBr. The van der Waals surface area contributed by atoms with E-state index in [9.17, 15) is 8.78 Å². The minimum absolute atomic E-state index is 0.251. The summed E-state index contributed by atoms with van der Waals surface area (Å²) in [5, 5.41) is -2.83. The van der Waals surface area contributed by atoms with E-state index in [2.05, 4.69) is 15.9 Å². The summed E-state index contributed by atoms with van der Waals surface area (Å²) in [6.45, 7) is 1.71. The first-order valence-corrected chi connectivity index (χ1v) is 4.31. The minimum atomic E-state index is -2.57. The normalized spacial score (nSPS) is 12.0.